The number of amides is 1. The van der Waals surface area contributed by atoms with Crippen LogP contribution in [0.2, 0.25) is 0 Å². The van der Waals surface area contributed by atoms with Crippen molar-refractivity contribution in [2.45, 2.75) is 0 Å². The van der Waals surface area contributed by atoms with Crippen LogP contribution in [0.15, 0.2) is 77.5 Å². The van der Waals surface area contributed by atoms with Crippen LogP contribution in [0.5, 0.6) is 0 Å². The Morgan fingerprint density at radius 2 is 1.84 bits per heavy atom. The van der Waals surface area contributed by atoms with E-state index in [4.69, 9.17) is 9.15 Å². The summed E-state index contributed by atoms with van der Waals surface area (Å²) in [5, 5.41) is 2.50. The molecule has 1 aliphatic rings. The standard InChI is InChI=1S/C24H17F2N3O3/c25-16-7-5-15(6-8-16)22-23(29(14-27-22)17-11-12-31-13-17)20-9-10-21(32-20)24(30)28-19-4-2-1-3-18(19)26/h1-11,14H,12-13H2,(H,28,30). The average Bonchev–Trinajstić information content (AvgIpc) is 3.55. The summed E-state index contributed by atoms with van der Waals surface area (Å²) in [7, 11) is 0. The van der Waals surface area contributed by atoms with Gasteiger partial charge in [0.1, 0.15) is 23.7 Å². The van der Waals surface area contributed by atoms with Gasteiger partial charge >= 0.3 is 0 Å². The fraction of sp³-hybridized carbons (Fsp3) is 0.0833. The topological polar surface area (TPSA) is 69.3 Å². The number of hydrogen-bond acceptors (Lipinski definition) is 4. The number of anilines is 1. The summed E-state index contributed by atoms with van der Waals surface area (Å²) >= 11 is 0. The van der Waals surface area contributed by atoms with Gasteiger partial charge in [0.05, 0.1) is 24.6 Å². The molecule has 6 nitrogen and oxygen atoms in total. The number of furan rings is 1. The van der Waals surface area contributed by atoms with Crippen LogP contribution in [-0.2, 0) is 4.74 Å². The minimum atomic E-state index is -0.584. The number of nitrogens with one attached hydrogen (secondary N) is 1. The number of para-hydroxylation sites is 1. The second kappa shape index (κ2) is 8.24. The molecule has 0 unspecified atom stereocenters. The highest BCUT2D eigenvalue weighted by Crippen LogP contribution is 2.35. The predicted molar refractivity (Wildman–Crippen MR) is 115 cm³/mol. The van der Waals surface area contributed by atoms with Gasteiger partial charge in [0.15, 0.2) is 11.5 Å². The zero-order valence-electron chi connectivity index (χ0n) is 16.7. The Labute approximate surface area is 181 Å². The van der Waals surface area contributed by atoms with Crippen LogP contribution in [-0.4, -0.2) is 28.7 Å². The van der Waals surface area contributed by atoms with Crippen molar-refractivity contribution in [1.29, 1.82) is 0 Å². The summed E-state index contributed by atoms with van der Waals surface area (Å²) in [5.41, 5.74) is 2.77. The molecule has 160 valence electrons. The zero-order chi connectivity index (χ0) is 22.1. The molecule has 32 heavy (non-hydrogen) atoms. The van der Waals surface area contributed by atoms with E-state index in [9.17, 15) is 13.6 Å². The number of aromatic nitrogens is 2. The van der Waals surface area contributed by atoms with Crippen molar-refractivity contribution in [3.05, 3.63) is 90.5 Å². The lowest BCUT2D eigenvalue weighted by molar-refractivity contribution is 0.0997. The quantitative estimate of drug-likeness (QED) is 0.469. The van der Waals surface area contributed by atoms with E-state index in [1.807, 2.05) is 10.6 Å². The van der Waals surface area contributed by atoms with Gasteiger partial charge in [0.2, 0.25) is 0 Å². The van der Waals surface area contributed by atoms with Crippen LogP contribution in [0, 0.1) is 11.6 Å². The average molecular weight is 433 g/mol. The van der Waals surface area contributed by atoms with Gasteiger partial charge in [0, 0.05) is 11.3 Å². The third-order valence-corrected chi connectivity index (χ3v) is 5.07. The number of carbonyl (C=O) groups excluding carboxylic acids is 1. The molecule has 0 fully saturated rings. The van der Waals surface area contributed by atoms with Gasteiger partial charge in [-0.3, -0.25) is 9.36 Å². The molecule has 3 heterocycles. The molecule has 8 heteroatoms. The second-order valence-corrected chi connectivity index (χ2v) is 7.13. The highest BCUT2D eigenvalue weighted by atomic mass is 19.1. The molecule has 0 radical (unpaired) electrons. The van der Waals surface area contributed by atoms with Crippen molar-refractivity contribution in [3.8, 4) is 22.7 Å². The van der Waals surface area contributed by atoms with E-state index < -0.39 is 11.7 Å². The lowest BCUT2D eigenvalue weighted by Gasteiger charge is -2.09. The fourth-order valence-corrected chi connectivity index (χ4v) is 3.50. The molecule has 4 aromatic rings. The van der Waals surface area contributed by atoms with Crippen molar-refractivity contribution >= 4 is 17.3 Å². The van der Waals surface area contributed by atoms with Crippen LogP contribution in [0.4, 0.5) is 14.5 Å². The molecule has 0 saturated carbocycles. The summed E-state index contributed by atoms with van der Waals surface area (Å²) in [6, 6.07) is 15.0. The molecular formula is C24H17F2N3O3. The predicted octanol–water partition coefficient (Wildman–Crippen LogP) is 5.21. The van der Waals surface area contributed by atoms with E-state index in [2.05, 4.69) is 10.3 Å². The normalized spacial score (nSPS) is 13.2. The van der Waals surface area contributed by atoms with Crippen LogP contribution >= 0.6 is 0 Å². The van der Waals surface area contributed by atoms with E-state index in [1.165, 1.54) is 36.4 Å². The number of imidazole rings is 1. The molecule has 0 bridgehead atoms. The van der Waals surface area contributed by atoms with E-state index in [0.717, 1.165) is 5.70 Å². The number of rotatable bonds is 5. The molecular weight excluding hydrogens is 416 g/mol. The van der Waals surface area contributed by atoms with Crippen molar-refractivity contribution < 1.29 is 22.7 Å². The van der Waals surface area contributed by atoms with Crippen LogP contribution in [0.25, 0.3) is 28.4 Å². The summed E-state index contributed by atoms with van der Waals surface area (Å²) in [6.07, 6.45) is 3.56. The maximum atomic E-state index is 13.9. The van der Waals surface area contributed by atoms with Crippen molar-refractivity contribution in [1.82, 2.24) is 9.55 Å². The Hall–Kier alpha value is -4.04. The van der Waals surface area contributed by atoms with Gasteiger partial charge in [-0.25, -0.2) is 13.8 Å². The van der Waals surface area contributed by atoms with Crippen molar-refractivity contribution in [2.75, 3.05) is 18.5 Å². The Bertz CT molecular complexity index is 1320. The van der Waals surface area contributed by atoms with Crippen molar-refractivity contribution in [2.24, 2.45) is 0 Å². The SMILES string of the molecule is O=C(Nc1ccccc1F)c1ccc(-c2c(-c3ccc(F)cc3)ncn2C2=CCOC2)o1. The molecule has 0 spiro atoms. The second-order valence-electron chi connectivity index (χ2n) is 7.13. The highest BCUT2D eigenvalue weighted by Gasteiger charge is 2.23. The van der Waals surface area contributed by atoms with Crippen molar-refractivity contribution in [3.63, 3.8) is 0 Å². The van der Waals surface area contributed by atoms with E-state index in [-0.39, 0.29) is 17.3 Å². The number of halogens is 2. The smallest absolute Gasteiger partial charge is 0.291 e. The molecule has 1 amide bonds. The molecule has 5 rings (SSSR count). The molecule has 0 saturated heterocycles. The first-order chi connectivity index (χ1) is 15.6. The fourth-order valence-electron chi connectivity index (χ4n) is 3.50. The van der Waals surface area contributed by atoms with E-state index >= 15 is 0 Å². The molecule has 0 atom stereocenters. The van der Waals surface area contributed by atoms with Crippen LogP contribution in [0.1, 0.15) is 10.6 Å². The lowest BCUT2D eigenvalue weighted by atomic mass is 10.1. The summed E-state index contributed by atoms with van der Waals surface area (Å²) < 4.78 is 40.4. The number of nitrogens with zero attached hydrogens (tertiary/aromatic N) is 2. The van der Waals surface area contributed by atoms with Gasteiger partial charge in [0.25, 0.3) is 5.91 Å². The molecule has 0 aliphatic carbocycles. The maximum Gasteiger partial charge on any atom is 0.291 e. The zero-order valence-corrected chi connectivity index (χ0v) is 16.7. The summed E-state index contributed by atoms with van der Waals surface area (Å²) in [5.74, 6) is -1.09. The number of benzene rings is 2. The Kier molecular flexibility index (Phi) is 5.12. The Morgan fingerprint density at radius 1 is 1.03 bits per heavy atom. The maximum absolute atomic E-state index is 13.9. The van der Waals surface area contributed by atoms with E-state index in [0.29, 0.717) is 35.9 Å². The molecule has 2 aromatic carbocycles. The van der Waals surface area contributed by atoms with Gasteiger partial charge < -0.3 is 14.5 Å². The lowest BCUT2D eigenvalue weighted by Crippen LogP contribution is -2.11. The third kappa shape index (κ3) is 3.72. The molecule has 1 N–H and O–H groups in total. The van der Waals surface area contributed by atoms with Crippen LogP contribution in [0.3, 0.4) is 0 Å². The largest absolute Gasteiger partial charge is 0.449 e. The molecule has 2 aromatic heterocycles. The minimum Gasteiger partial charge on any atom is -0.449 e. The first-order valence-corrected chi connectivity index (χ1v) is 9.86. The van der Waals surface area contributed by atoms with Gasteiger partial charge in [-0.1, -0.05) is 12.1 Å². The Balaban J connectivity index is 1.53. The summed E-state index contributed by atoms with van der Waals surface area (Å²) in [6.45, 7) is 0.876. The first-order valence-electron chi connectivity index (χ1n) is 9.86. The van der Waals surface area contributed by atoms with Gasteiger partial charge in [-0.05, 0) is 54.6 Å². The Morgan fingerprint density at radius 3 is 2.59 bits per heavy atom. The first kappa shape index (κ1) is 19.9. The molecule has 1 aliphatic heterocycles. The minimum absolute atomic E-state index is 0.0118. The number of ether oxygens (including phenoxy) is 1. The van der Waals surface area contributed by atoms with Crippen LogP contribution < -0.4 is 5.32 Å². The number of carbonyl (C=O) groups is 1. The monoisotopic (exact) mass is 433 g/mol. The van der Waals surface area contributed by atoms with Gasteiger partial charge in [-0.15, -0.1) is 0 Å². The number of hydrogen-bond donors (Lipinski definition) is 1. The highest BCUT2D eigenvalue weighted by molar-refractivity contribution is 6.02. The summed E-state index contributed by atoms with van der Waals surface area (Å²) in [4.78, 5) is 17.1. The van der Waals surface area contributed by atoms with Gasteiger partial charge in [-0.2, -0.15) is 0 Å². The van der Waals surface area contributed by atoms with E-state index in [1.54, 1.807) is 30.6 Å². The third-order valence-electron chi connectivity index (χ3n) is 5.07.